The van der Waals surface area contributed by atoms with Crippen molar-refractivity contribution in [2.24, 2.45) is 5.73 Å². The van der Waals surface area contributed by atoms with E-state index in [0.29, 0.717) is 18.6 Å². The maximum atomic E-state index is 5.84. The average molecular weight is 205 g/mol. The second-order valence-corrected chi connectivity index (χ2v) is 4.38. The molecule has 0 aliphatic heterocycles. The Morgan fingerprint density at radius 3 is 2.87 bits per heavy atom. The highest BCUT2D eigenvalue weighted by Crippen LogP contribution is 2.27. The van der Waals surface area contributed by atoms with Gasteiger partial charge in [-0.05, 0) is 49.4 Å². The first-order valence-corrected chi connectivity index (χ1v) is 5.76. The smallest absolute Gasteiger partial charge is 0.120 e. The van der Waals surface area contributed by atoms with Gasteiger partial charge in [0.05, 0.1) is 6.10 Å². The molecule has 1 aromatic rings. The topological polar surface area (TPSA) is 35.2 Å². The van der Waals surface area contributed by atoms with E-state index in [4.69, 9.17) is 10.5 Å². The molecule has 1 aliphatic rings. The number of nitrogens with two attached hydrogens (primary N) is 1. The number of hydrogen-bond acceptors (Lipinski definition) is 2. The van der Waals surface area contributed by atoms with Crippen molar-refractivity contribution < 1.29 is 4.74 Å². The van der Waals surface area contributed by atoms with Gasteiger partial charge in [0.1, 0.15) is 5.75 Å². The van der Waals surface area contributed by atoms with Gasteiger partial charge in [-0.25, -0.2) is 0 Å². The molecule has 0 spiro atoms. The van der Waals surface area contributed by atoms with Gasteiger partial charge in [0.25, 0.3) is 0 Å². The van der Waals surface area contributed by atoms with Gasteiger partial charge >= 0.3 is 0 Å². The fourth-order valence-electron chi connectivity index (χ4n) is 1.71. The summed E-state index contributed by atoms with van der Waals surface area (Å²) in [5.74, 6) is 1.41. The molecule has 2 rings (SSSR count). The molecule has 1 aromatic carbocycles. The van der Waals surface area contributed by atoms with E-state index in [9.17, 15) is 0 Å². The molecule has 2 heteroatoms. The molecule has 0 radical (unpaired) electrons. The van der Waals surface area contributed by atoms with Crippen molar-refractivity contribution >= 4 is 0 Å². The average Bonchev–Trinajstić information content (AvgIpc) is 2.23. The Kier molecular flexibility index (Phi) is 3.27. The third-order valence-electron chi connectivity index (χ3n) is 3.14. The lowest BCUT2D eigenvalue weighted by Gasteiger charge is -2.26. The minimum Gasteiger partial charge on any atom is -0.490 e. The molecule has 0 bridgehead atoms. The second-order valence-electron chi connectivity index (χ2n) is 4.38. The molecular weight excluding hydrogens is 186 g/mol. The summed E-state index contributed by atoms with van der Waals surface area (Å²) in [5, 5.41) is 0. The van der Waals surface area contributed by atoms with Crippen LogP contribution in [-0.2, 0) is 0 Å². The molecule has 82 valence electrons. The van der Waals surface area contributed by atoms with Gasteiger partial charge in [-0.2, -0.15) is 0 Å². The summed E-state index contributed by atoms with van der Waals surface area (Å²) >= 11 is 0. The summed E-state index contributed by atoms with van der Waals surface area (Å²) in [7, 11) is 0. The van der Waals surface area contributed by atoms with Gasteiger partial charge in [0.2, 0.25) is 0 Å². The zero-order valence-electron chi connectivity index (χ0n) is 9.28. The summed E-state index contributed by atoms with van der Waals surface area (Å²) in [4.78, 5) is 0. The maximum Gasteiger partial charge on any atom is 0.120 e. The van der Waals surface area contributed by atoms with Gasteiger partial charge in [0.15, 0.2) is 0 Å². The van der Waals surface area contributed by atoms with Crippen molar-refractivity contribution in [3.8, 4) is 5.75 Å². The quantitative estimate of drug-likeness (QED) is 0.820. The van der Waals surface area contributed by atoms with E-state index in [1.54, 1.807) is 0 Å². The minimum absolute atomic E-state index is 0.412. The molecule has 2 nitrogen and oxygen atoms in total. The first kappa shape index (κ1) is 10.5. The van der Waals surface area contributed by atoms with E-state index in [-0.39, 0.29) is 0 Å². The van der Waals surface area contributed by atoms with E-state index in [1.165, 1.54) is 24.8 Å². The fourth-order valence-corrected chi connectivity index (χ4v) is 1.71. The third-order valence-corrected chi connectivity index (χ3v) is 3.14. The van der Waals surface area contributed by atoms with Crippen LogP contribution in [0.3, 0.4) is 0 Å². The predicted molar refractivity (Wildman–Crippen MR) is 62.2 cm³/mol. The molecule has 0 saturated heterocycles. The summed E-state index contributed by atoms with van der Waals surface area (Å²) in [6.07, 6.45) is 4.17. The van der Waals surface area contributed by atoms with Crippen LogP contribution in [0.2, 0.25) is 0 Å². The van der Waals surface area contributed by atoms with Crippen LogP contribution < -0.4 is 10.5 Å². The van der Waals surface area contributed by atoms with Crippen LogP contribution in [0.25, 0.3) is 0 Å². The van der Waals surface area contributed by atoms with Crippen LogP contribution in [0.5, 0.6) is 5.75 Å². The normalized spacial score (nSPS) is 18.3. The van der Waals surface area contributed by atoms with Gasteiger partial charge in [-0.15, -0.1) is 0 Å². The summed E-state index contributed by atoms with van der Waals surface area (Å²) < 4.78 is 5.84. The summed E-state index contributed by atoms with van der Waals surface area (Å²) in [5.41, 5.74) is 6.92. The number of hydrogen-bond donors (Lipinski definition) is 1. The van der Waals surface area contributed by atoms with Crippen LogP contribution in [0.15, 0.2) is 24.3 Å². The first-order chi connectivity index (χ1) is 7.29. The molecule has 2 N–H and O–H groups in total. The van der Waals surface area contributed by atoms with Gasteiger partial charge in [-0.1, -0.05) is 19.1 Å². The number of benzene rings is 1. The second kappa shape index (κ2) is 4.67. The van der Waals surface area contributed by atoms with Crippen LogP contribution in [-0.4, -0.2) is 12.6 Å². The van der Waals surface area contributed by atoms with Crippen LogP contribution in [0, 0.1) is 0 Å². The third kappa shape index (κ3) is 2.51. The predicted octanol–water partition coefficient (Wildman–Crippen LogP) is 2.68. The Morgan fingerprint density at radius 1 is 1.47 bits per heavy atom. The molecule has 1 fully saturated rings. The fraction of sp³-hybridized carbons (Fsp3) is 0.538. The summed E-state index contributed by atoms with van der Waals surface area (Å²) in [6.45, 7) is 2.83. The monoisotopic (exact) mass is 205 g/mol. The minimum atomic E-state index is 0.412. The van der Waals surface area contributed by atoms with Gasteiger partial charge < -0.3 is 10.5 Å². The van der Waals surface area contributed by atoms with E-state index in [0.717, 1.165) is 5.75 Å². The molecule has 0 aromatic heterocycles. The lowest BCUT2D eigenvalue weighted by Crippen LogP contribution is -2.24. The Balaban J connectivity index is 2.04. The van der Waals surface area contributed by atoms with Crippen molar-refractivity contribution in [1.29, 1.82) is 0 Å². The molecule has 1 atom stereocenters. The van der Waals surface area contributed by atoms with Crippen LogP contribution in [0.4, 0.5) is 0 Å². The van der Waals surface area contributed by atoms with Crippen molar-refractivity contribution in [2.45, 2.75) is 38.2 Å². The number of ether oxygens (including phenoxy) is 1. The zero-order chi connectivity index (χ0) is 10.7. The van der Waals surface area contributed by atoms with E-state index in [2.05, 4.69) is 25.1 Å². The van der Waals surface area contributed by atoms with Crippen molar-refractivity contribution in [3.63, 3.8) is 0 Å². The molecule has 1 unspecified atom stereocenters. The Labute approximate surface area is 91.4 Å². The molecule has 1 saturated carbocycles. The van der Waals surface area contributed by atoms with Gasteiger partial charge in [0, 0.05) is 0 Å². The molecular formula is C13H19NO. The molecule has 0 heterocycles. The Bertz CT molecular complexity index is 320. The van der Waals surface area contributed by atoms with Crippen molar-refractivity contribution in [2.75, 3.05) is 6.54 Å². The maximum absolute atomic E-state index is 5.84. The lowest BCUT2D eigenvalue weighted by molar-refractivity contribution is 0.120. The summed E-state index contributed by atoms with van der Waals surface area (Å²) in [6, 6.07) is 8.32. The Hall–Kier alpha value is -1.02. The largest absolute Gasteiger partial charge is 0.490 e. The highest BCUT2D eigenvalue weighted by atomic mass is 16.5. The van der Waals surface area contributed by atoms with Crippen molar-refractivity contribution in [1.82, 2.24) is 0 Å². The molecule has 0 amide bonds. The number of rotatable bonds is 4. The van der Waals surface area contributed by atoms with Crippen LogP contribution >= 0.6 is 0 Å². The SMILES string of the molecule is CC(CN)c1cccc(OC2CCC2)c1. The van der Waals surface area contributed by atoms with Gasteiger partial charge in [-0.3, -0.25) is 0 Å². The zero-order valence-corrected chi connectivity index (χ0v) is 9.28. The van der Waals surface area contributed by atoms with Crippen molar-refractivity contribution in [3.05, 3.63) is 29.8 Å². The molecule has 1 aliphatic carbocycles. The lowest BCUT2D eigenvalue weighted by atomic mass is 9.96. The van der Waals surface area contributed by atoms with E-state index in [1.807, 2.05) is 6.07 Å². The highest BCUT2D eigenvalue weighted by molar-refractivity contribution is 5.31. The van der Waals surface area contributed by atoms with Crippen LogP contribution in [0.1, 0.15) is 37.7 Å². The van der Waals surface area contributed by atoms with E-state index >= 15 is 0 Å². The standard InChI is InChI=1S/C13H19NO/c1-10(9-14)11-4-2-7-13(8-11)15-12-5-3-6-12/h2,4,7-8,10,12H,3,5-6,9,14H2,1H3. The first-order valence-electron chi connectivity index (χ1n) is 5.76. The van der Waals surface area contributed by atoms with E-state index < -0.39 is 0 Å². The highest BCUT2D eigenvalue weighted by Gasteiger charge is 2.19. The molecule has 15 heavy (non-hydrogen) atoms. The Morgan fingerprint density at radius 2 is 2.27 bits per heavy atom.